The highest BCUT2D eigenvalue weighted by Crippen LogP contribution is 2.28. The summed E-state index contributed by atoms with van der Waals surface area (Å²) in [6, 6.07) is 21.9. The topological polar surface area (TPSA) is 97.3 Å². The Morgan fingerprint density at radius 1 is 1.06 bits per heavy atom. The number of anilines is 1. The second-order valence-corrected chi connectivity index (χ2v) is 10.4. The molecule has 34 heavy (non-hydrogen) atoms. The highest BCUT2D eigenvalue weighted by Gasteiger charge is 2.20. The van der Waals surface area contributed by atoms with Gasteiger partial charge in [0.05, 0.1) is 25.3 Å². The molecule has 3 aromatic carbocycles. The Labute approximate surface area is 212 Å². The van der Waals surface area contributed by atoms with Crippen LogP contribution in [0.1, 0.15) is 11.1 Å². The number of methoxy groups -OCH3 is 1. The van der Waals surface area contributed by atoms with Crippen molar-refractivity contribution in [2.75, 3.05) is 24.2 Å². The standard InChI is InChI=1S/C24H24IN3O5S/c1-32-23-14-19(8-13-22(23)33-17-18-6-4-3-5-7-18)15-26-27-24(29)16-28(34(2,30)31)21-11-9-20(25)10-12-21/h3-15H,16-17H2,1-2H3,(H,27,29)/b26-15-. The Bertz CT molecular complexity index is 1250. The molecule has 8 nitrogen and oxygen atoms in total. The summed E-state index contributed by atoms with van der Waals surface area (Å²) in [6.45, 7) is 0.00441. The Morgan fingerprint density at radius 3 is 2.41 bits per heavy atom. The zero-order valence-corrected chi connectivity index (χ0v) is 21.6. The van der Waals surface area contributed by atoms with E-state index in [1.165, 1.54) is 13.3 Å². The molecule has 0 aromatic heterocycles. The van der Waals surface area contributed by atoms with Crippen LogP contribution in [0.15, 0.2) is 77.9 Å². The number of carbonyl (C=O) groups is 1. The maximum atomic E-state index is 12.4. The maximum absolute atomic E-state index is 12.4. The van der Waals surface area contributed by atoms with Crippen molar-refractivity contribution in [3.05, 3.63) is 87.5 Å². The van der Waals surface area contributed by atoms with Gasteiger partial charge in [-0.2, -0.15) is 5.10 Å². The fourth-order valence-corrected chi connectivity index (χ4v) is 4.19. The van der Waals surface area contributed by atoms with Gasteiger partial charge in [-0.05, 0) is 76.2 Å². The molecule has 0 heterocycles. The van der Waals surface area contributed by atoms with Crippen LogP contribution < -0.4 is 19.2 Å². The van der Waals surface area contributed by atoms with E-state index in [0.717, 1.165) is 19.7 Å². The summed E-state index contributed by atoms with van der Waals surface area (Å²) in [4.78, 5) is 12.4. The number of halogens is 1. The van der Waals surface area contributed by atoms with E-state index < -0.39 is 22.5 Å². The molecule has 0 radical (unpaired) electrons. The second-order valence-electron chi connectivity index (χ2n) is 7.22. The van der Waals surface area contributed by atoms with E-state index in [1.54, 1.807) is 42.5 Å². The summed E-state index contributed by atoms with van der Waals surface area (Å²) in [7, 11) is -2.12. The minimum absolute atomic E-state index is 0.396. The van der Waals surface area contributed by atoms with Crippen LogP contribution in [-0.4, -0.2) is 40.4 Å². The van der Waals surface area contributed by atoms with Crippen LogP contribution in [0.25, 0.3) is 0 Å². The first-order valence-electron chi connectivity index (χ1n) is 10.2. The zero-order chi connectivity index (χ0) is 24.6. The summed E-state index contributed by atoms with van der Waals surface area (Å²) < 4.78 is 37.6. The largest absolute Gasteiger partial charge is 0.493 e. The highest BCUT2D eigenvalue weighted by atomic mass is 127. The van der Waals surface area contributed by atoms with E-state index in [4.69, 9.17) is 9.47 Å². The average molecular weight is 593 g/mol. The quantitative estimate of drug-likeness (QED) is 0.219. The van der Waals surface area contributed by atoms with Crippen molar-refractivity contribution in [2.45, 2.75) is 6.61 Å². The molecule has 0 unspecified atom stereocenters. The monoisotopic (exact) mass is 593 g/mol. The number of carbonyl (C=O) groups excluding carboxylic acids is 1. The predicted octanol–water partition coefficient (Wildman–Crippen LogP) is 3.80. The molecular weight excluding hydrogens is 569 g/mol. The number of benzene rings is 3. The van der Waals surface area contributed by atoms with Gasteiger partial charge in [-0.3, -0.25) is 9.10 Å². The number of rotatable bonds is 10. The maximum Gasteiger partial charge on any atom is 0.260 e. The number of amides is 1. The van der Waals surface area contributed by atoms with Crippen LogP contribution in [-0.2, 0) is 21.4 Å². The first-order chi connectivity index (χ1) is 16.3. The molecule has 0 saturated carbocycles. The Kier molecular flexibility index (Phi) is 8.88. The number of hydrogen-bond donors (Lipinski definition) is 1. The normalized spacial score (nSPS) is 11.3. The molecule has 3 rings (SSSR count). The lowest BCUT2D eigenvalue weighted by Gasteiger charge is -2.21. The van der Waals surface area contributed by atoms with E-state index in [-0.39, 0.29) is 0 Å². The van der Waals surface area contributed by atoms with Crippen LogP contribution in [0.3, 0.4) is 0 Å². The molecule has 1 N–H and O–H groups in total. The van der Waals surface area contributed by atoms with Crippen molar-refractivity contribution < 1.29 is 22.7 Å². The third-order valence-corrected chi connectivity index (χ3v) is 6.49. The third-order valence-electron chi connectivity index (χ3n) is 4.63. The molecule has 0 aliphatic rings. The fraction of sp³-hybridized carbons (Fsp3) is 0.167. The molecule has 0 saturated heterocycles. The van der Waals surface area contributed by atoms with Crippen molar-refractivity contribution in [1.82, 2.24) is 5.43 Å². The Balaban J connectivity index is 1.62. The number of hydrazone groups is 1. The van der Waals surface area contributed by atoms with Gasteiger partial charge in [0, 0.05) is 3.57 Å². The molecule has 3 aromatic rings. The van der Waals surface area contributed by atoms with Gasteiger partial charge < -0.3 is 9.47 Å². The molecule has 0 bridgehead atoms. The van der Waals surface area contributed by atoms with E-state index in [9.17, 15) is 13.2 Å². The molecule has 0 aliphatic carbocycles. The molecule has 178 valence electrons. The zero-order valence-electron chi connectivity index (χ0n) is 18.6. The Morgan fingerprint density at radius 2 is 1.76 bits per heavy atom. The first kappa shape index (κ1) is 25.5. The van der Waals surface area contributed by atoms with E-state index in [1.807, 2.05) is 30.3 Å². The van der Waals surface area contributed by atoms with Gasteiger partial charge in [0.15, 0.2) is 11.5 Å². The van der Waals surface area contributed by atoms with Gasteiger partial charge in [0.1, 0.15) is 13.2 Å². The van der Waals surface area contributed by atoms with Gasteiger partial charge in [-0.25, -0.2) is 13.8 Å². The van der Waals surface area contributed by atoms with Crippen LogP contribution in [0.4, 0.5) is 5.69 Å². The molecule has 1 amide bonds. The van der Waals surface area contributed by atoms with Gasteiger partial charge in [0.25, 0.3) is 5.91 Å². The van der Waals surface area contributed by atoms with Crippen molar-refractivity contribution >= 4 is 50.4 Å². The lowest BCUT2D eigenvalue weighted by molar-refractivity contribution is -0.119. The molecular formula is C24H24IN3O5S. The van der Waals surface area contributed by atoms with Crippen LogP contribution in [0.5, 0.6) is 11.5 Å². The molecule has 0 aliphatic heterocycles. The summed E-state index contributed by atoms with van der Waals surface area (Å²) in [5, 5.41) is 3.94. The number of sulfonamides is 1. The number of nitrogens with zero attached hydrogens (tertiary/aromatic N) is 2. The highest BCUT2D eigenvalue weighted by molar-refractivity contribution is 14.1. The van der Waals surface area contributed by atoms with Gasteiger partial charge in [-0.1, -0.05) is 30.3 Å². The van der Waals surface area contributed by atoms with Crippen molar-refractivity contribution in [1.29, 1.82) is 0 Å². The Hall–Kier alpha value is -3.12. The van der Waals surface area contributed by atoms with E-state index in [0.29, 0.717) is 29.4 Å². The average Bonchev–Trinajstić information content (AvgIpc) is 2.82. The van der Waals surface area contributed by atoms with E-state index in [2.05, 4.69) is 33.1 Å². The molecule has 0 atom stereocenters. The fourth-order valence-electron chi connectivity index (χ4n) is 2.97. The lowest BCUT2D eigenvalue weighted by atomic mass is 10.2. The van der Waals surface area contributed by atoms with Gasteiger partial charge in [0.2, 0.25) is 10.0 Å². The molecule has 10 heteroatoms. The number of ether oxygens (including phenoxy) is 2. The van der Waals surface area contributed by atoms with E-state index >= 15 is 0 Å². The summed E-state index contributed by atoms with van der Waals surface area (Å²) >= 11 is 2.12. The summed E-state index contributed by atoms with van der Waals surface area (Å²) in [5.74, 6) is 0.525. The third kappa shape index (κ3) is 7.45. The minimum Gasteiger partial charge on any atom is -0.493 e. The lowest BCUT2D eigenvalue weighted by Crippen LogP contribution is -2.39. The SMILES string of the molecule is COc1cc(/C=N\NC(=O)CN(c2ccc(I)cc2)S(C)(=O)=O)ccc1OCc1ccccc1. The second kappa shape index (κ2) is 11.8. The van der Waals surface area contributed by atoms with Crippen LogP contribution >= 0.6 is 22.6 Å². The van der Waals surface area contributed by atoms with Crippen LogP contribution in [0.2, 0.25) is 0 Å². The smallest absolute Gasteiger partial charge is 0.260 e. The molecule has 0 spiro atoms. The number of nitrogens with one attached hydrogen (secondary N) is 1. The predicted molar refractivity (Wildman–Crippen MR) is 141 cm³/mol. The summed E-state index contributed by atoms with van der Waals surface area (Å²) in [5.41, 5.74) is 4.47. The minimum atomic E-state index is -3.65. The first-order valence-corrected chi connectivity index (χ1v) is 13.1. The van der Waals surface area contributed by atoms with Crippen LogP contribution in [0, 0.1) is 3.57 Å². The van der Waals surface area contributed by atoms with Gasteiger partial charge in [-0.15, -0.1) is 0 Å². The van der Waals surface area contributed by atoms with Gasteiger partial charge >= 0.3 is 0 Å². The van der Waals surface area contributed by atoms with Crippen molar-refractivity contribution in [3.63, 3.8) is 0 Å². The number of hydrogen-bond acceptors (Lipinski definition) is 6. The molecule has 0 fully saturated rings. The summed E-state index contributed by atoms with van der Waals surface area (Å²) in [6.07, 6.45) is 2.49. The van der Waals surface area contributed by atoms with Crippen molar-refractivity contribution in [3.8, 4) is 11.5 Å². The van der Waals surface area contributed by atoms with Crippen molar-refractivity contribution in [2.24, 2.45) is 5.10 Å².